The van der Waals surface area contributed by atoms with Gasteiger partial charge >= 0.3 is 24.9 Å². The maximum Gasteiger partial charge on any atom is 0.407 e. The van der Waals surface area contributed by atoms with Crippen LogP contribution in [0.25, 0.3) is 11.3 Å². The average molecular weight is 1090 g/mol. The number of alkyl carbamates (subject to hydrolysis) is 1. The molecule has 2 aromatic carbocycles. The molecule has 3 fully saturated rings. The van der Waals surface area contributed by atoms with Crippen molar-refractivity contribution >= 4 is 29.8 Å². The zero-order valence-corrected chi connectivity index (χ0v) is 43.0. The standard InChI is InChI=1S/C52H61F7N10O8/c1-50(2,3)43(62-48(73)74)46(72)65-67(25-36-37(53)20-32(21-38(36)54)39-17-18-68(64-39)47(55)56)26-41(70)40(61-45(71)44(63-49(75)76-6)51(4,5)52(57,58)59)19-30-10-7-29(8-11-30)9-12-31-13-16-42(60-22-31)66-23-33-14-15-34(24-66)69(33)35-27-77-28-35/h7-8,10-11,13,16-18,20-22,33-35,40-41,43-44,47,62,70H,14-15,19,23-28H2,1-6H3,(H,61,71)(H,63,75)(H,65,72)(H,73,74)/t33?,34?,40-,41-,43+,44+/m0/s1. The van der Waals surface area contributed by atoms with Crippen LogP contribution in [0.4, 0.5) is 46.1 Å². The number of hydrazine groups is 1. The van der Waals surface area contributed by atoms with Gasteiger partial charge in [0, 0.05) is 72.9 Å². The Hall–Kier alpha value is -7.01. The number of piperazine rings is 1. The summed E-state index contributed by atoms with van der Waals surface area (Å²) in [6.45, 7) is 4.31. The number of pyridine rings is 1. The molecule has 6 N–H and O–H groups in total. The van der Waals surface area contributed by atoms with Gasteiger partial charge in [-0.3, -0.25) is 19.9 Å². The number of carbonyl (C=O) groups is 4. The predicted octanol–water partition coefficient (Wildman–Crippen LogP) is 5.99. The molecule has 2 unspecified atom stereocenters. The Labute approximate surface area is 439 Å². The zero-order valence-electron chi connectivity index (χ0n) is 43.0. The number of hydrogen-bond acceptors (Lipinski definition) is 12. The molecule has 18 nitrogen and oxygen atoms in total. The van der Waals surface area contributed by atoms with Crippen molar-refractivity contribution in [1.29, 1.82) is 0 Å². The quantitative estimate of drug-likeness (QED) is 0.0385. The minimum Gasteiger partial charge on any atom is -0.465 e. The first-order chi connectivity index (χ1) is 36.2. The highest BCUT2D eigenvalue weighted by Crippen LogP contribution is 2.41. The summed E-state index contributed by atoms with van der Waals surface area (Å²) in [7, 11) is 0.871. The number of benzene rings is 2. The zero-order chi connectivity index (χ0) is 56.1. The average Bonchev–Trinajstić information content (AvgIpc) is 3.95. The molecule has 416 valence electrons. The second-order valence-corrected chi connectivity index (χ2v) is 20.9. The lowest BCUT2D eigenvalue weighted by Crippen LogP contribution is -2.63. The van der Waals surface area contributed by atoms with Gasteiger partial charge in [0.25, 0.3) is 5.91 Å². The molecule has 3 saturated heterocycles. The lowest BCUT2D eigenvalue weighted by atomic mass is 9.82. The third-order valence-electron chi connectivity index (χ3n) is 14.0. The SMILES string of the molecule is COC(=O)N[C@H](C(=O)N[C@@H](Cc1ccc(C#Cc2ccc(N3CC4CCC(C3)N4C3COC3)nc2)cc1)[C@@H](O)CN(Cc1c(F)cc(-c2ccn(C(F)F)n2)cc1F)NC(=O)[C@@H](NC(=O)O)C(C)(C)C)C(C)(C)C(F)(F)F. The number of aromatic nitrogens is 3. The van der Waals surface area contributed by atoms with Crippen molar-refractivity contribution in [2.75, 3.05) is 44.9 Å². The van der Waals surface area contributed by atoms with Crippen LogP contribution in [0.5, 0.6) is 0 Å². The van der Waals surface area contributed by atoms with Crippen molar-refractivity contribution in [3.8, 4) is 23.1 Å². The molecule has 25 heteroatoms. The number of carboxylic acid groups (broad SMARTS) is 1. The summed E-state index contributed by atoms with van der Waals surface area (Å²) in [4.78, 5) is 61.8. The number of aliphatic hydroxyl groups is 1. The number of rotatable bonds is 18. The van der Waals surface area contributed by atoms with Gasteiger partial charge in [-0.15, -0.1) is 0 Å². The number of ether oxygens (including phenoxy) is 2. The number of hydrogen-bond donors (Lipinski definition) is 6. The van der Waals surface area contributed by atoms with E-state index in [2.05, 4.69) is 47.5 Å². The number of nitrogens with one attached hydrogen (secondary N) is 4. The second kappa shape index (κ2) is 23.7. The van der Waals surface area contributed by atoms with Crippen LogP contribution < -0.4 is 26.3 Å². The van der Waals surface area contributed by atoms with Gasteiger partial charge in [-0.25, -0.2) is 33.0 Å². The third-order valence-corrected chi connectivity index (χ3v) is 14.0. The Kier molecular flexibility index (Phi) is 17.8. The Bertz CT molecular complexity index is 2780. The molecular formula is C52H61F7N10O8. The van der Waals surface area contributed by atoms with Crippen molar-refractivity contribution in [2.45, 2.75) is 116 Å². The number of alkyl halides is 5. The summed E-state index contributed by atoms with van der Waals surface area (Å²) in [6, 6.07) is 8.73. The van der Waals surface area contributed by atoms with Crippen LogP contribution in [0.15, 0.2) is 67.0 Å². The van der Waals surface area contributed by atoms with Gasteiger partial charge in [-0.2, -0.15) is 27.1 Å². The van der Waals surface area contributed by atoms with Crippen LogP contribution in [0.1, 0.15) is 76.3 Å². The van der Waals surface area contributed by atoms with Gasteiger partial charge in [0.2, 0.25) is 5.91 Å². The fourth-order valence-corrected chi connectivity index (χ4v) is 9.56. The van der Waals surface area contributed by atoms with E-state index in [1.165, 1.54) is 20.8 Å². The Morgan fingerprint density at radius 2 is 1.48 bits per heavy atom. The molecule has 3 aliphatic heterocycles. The van der Waals surface area contributed by atoms with Crippen molar-refractivity contribution < 1.29 is 69.6 Å². The molecule has 5 heterocycles. The summed E-state index contributed by atoms with van der Waals surface area (Å²) < 4.78 is 112. The van der Waals surface area contributed by atoms with Gasteiger partial charge in [-0.05, 0) is 86.6 Å². The van der Waals surface area contributed by atoms with Crippen molar-refractivity contribution in [3.05, 3.63) is 101 Å². The number of carbonyl (C=O) groups excluding carboxylic acids is 3. The maximum absolute atomic E-state index is 16.0. The Balaban J connectivity index is 1.15. The van der Waals surface area contributed by atoms with Crippen LogP contribution in [0.3, 0.4) is 0 Å². The molecule has 6 atom stereocenters. The summed E-state index contributed by atoms with van der Waals surface area (Å²) in [5.41, 5.74) is -1.36. The first kappa shape index (κ1) is 57.7. The van der Waals surface area contributed by atoms with Crippen LogP contribution in [0, 0.1) is 34.3 Å². The fraction of sp³-hybridized carbons (Fsp3) is 0.500. The normalized spacial score (nSPS) is 18.6. The van der Waals surface area contributed by atoms with Crippen LogP contribution in [0.2, 0.25) is 0 Å². The maximum atomic E-state index is 16.0. The number of anilines is 1. The number of methoxy groups -OCH3 is 1. The van der Waals surface area contributed by atoms with Crippen LogP contribution in [-0.2, 0) is 32.0 Å². The highest BCUT2D eigenvalue weighted by atomic mass is 19.4. The Morgan fingerprint density at radius 3 is 2.00 bits per heavy atom. The number of aliphatic hydroxyl groups excluding tert-OH is 1. The number of amides is 4. The summed E-state index contributed by atoms with van der Waals surface area (Å²) in [5.74, 6) is 1.96. The van der Waals surface area contributed by atoms with Gasteiger partial charge in [0.1, 0.15) is 29.5 Å². The smallest absolute Gasteiger partial charge is 0.407 e. The summed E-state index contributed by atoms with van der Waals surface area (Å²) >= 11 is 0. The molecule has 7 rings (SSSR count). The number of halogens is 7. The molecule has 77 heavy (non-hydrogen) atoms. The molecule has 4 aromatic rings. The lowest BCUT2D eigenvalue weighted by molar-refractivity contribution is -0.220. The first-order valence-corrected chi connectivity index (χ1v) is 24.7. The van der Waals surface area contributed by atoms with E-state index in [1.54, 1.807) is 30.5 Å². The van der Waals surface area contributed by atoms with E-state index < -0.39 is 102 Å². The molecule has 0 aliphatic carbocycles. The number of nitrogens with zero attached hydrogens (tertiary/aromatic N) is 6. The van der Waals surface area contributed by atoms with E-state index in [0.717, 1.165) is 81.5 Å². The highest BCUT2D eigenvalue weighted by molar-refractivity contribution is 5.87. The highest BCUT2D eigenvalue weighted by Gasteiger charge is 2.56. The third kappa shape index (κ3) is 13.9. The van der Waals surface area contributed by atoms with Gasteiger partial charge in [-0.1, -0.05) is 44.7 Å². The van der Waals surface area contributed by atoms with E-state index in [-0.39, 0.29) is 22.4 Å². The molecular weight excluding hydrogens is 1030 g/mol. The monoisotopic (exact) mass is 1090 g/mol. The second-order valence-electron chi connectivity index (χ2n) is 20.9. The molecule has 0 saturated carbocycles. The molecule has 2 bridgehead atoms. The minimum absolute atomic E-state index is 0.218. The molecule has 0 spiro atoms. The first-order valence-electron chi connectivity index (χ1n) is 24.7. The molecule has 3 aliphatic rings. The van der Waals surface area contributed by atoms with E-state index in [4.69, 9.17) is 9.72 Å². The molecule has 2 aromatic heterocycles. The van der Waals surface area contributed by atoms with Crippen molar-refractivity contribution in [3.63, 3.8) is 0 Å². The summed E-state index contributed by atoms with van der Waals surface area (Å²) in [5, 5.41) is 32.5. The van der Waals surface area contributed by atoms with E-state index in [1.807, 2.05) is 17.4 Å². The summed E-state index contributed by atoms with van der Waals surface area (Å²) in [6.07, 6.45) is -5.54. The Morgan fingerprint density at radius 1 is 0.857 bits per heavy atom. The van der Waals surface area contributed by atoms with Gasteiger partial charge in [0.05, 0.1) is 49.6 Å². The molecule has 0 radical (unpaired) electrons. The lowest BCUT2D eigenvalue weighted by Gasteiger charge is -2.47. The van der Waals surface area contributed by atoms with Gasteiger partial charge in [0.15, 0.2) is 0 Å². The van der Waals surface area contributed by atoms with Crippen LogP contribution in [-0.4, -0.2) is 147 Å². The molecule has 4 amide bonds. The minimum atomic E-state index is -5.10. The predicted molar refractivity (Wildman–Crippen MR) is 265 cm³/mol. The largest absolute Gasteiger partial charge is 0.465 e. The van der Waals surface area contributed by atoms with E-state index in [9.17, 15) is 51.3 Å². The van der Waals surface area contributed by atoms with E-state index >= 15 is 8.78 Å². The van der Waals surface area contributed by atoms with Crippen LogP contribution >= 0.6 is 0 Å². The fourth-order valence-electron chi connectivity index (χ4n) is 9.56. The number of fused-ring (bicyclic) bond motifs is 2. The topological polar surface area (TPSA) is 216 Å². The van der Waals surface area contributed by atoms with Crippen molar-refractivity contribution in [2.24, 2.45) is 10.8 Å². The van der Waals surface area contributed by atoms with Gasteiger partial charge < -0.3 is 40.5 Å². The van der Waals surface area contributed by atoms with E-state index in [0.29, 0.717) is 48.7 Å². The van der Waals surface area contributed by atoms with Crippen molar-refractivity contribution in [1.82, 2.24) is 46.0 Å².